The molecule has 1 radical (unpaired) electrons. The number of carbonyl (C=O) groups is 1. The van der Waals surface area contributed by atoms with Gasteiger partial charge in [0.2, 0.25) is 6.29 Å². The van der Waals surface area contributed by atoms with Gasteiger partial charge in [0.05, 0.1) is 0 Å². The average molecular weight is 116 g/mol. The van der Waals surface area contributed by atoms with Crippen molar-refractivity contribution in [3.8, 4) is 0 Å². The molecule has 0 rings (SSSR count). The Morgan fingerprint density at radius 3 is 2.38 bits per heavy atom. The summed E-state index contributed by atoms with van der Waals surface area (Å²) in [7, 11) is 0. The highest BCUT2D eigenvalue weighted by molar-refractivity contribution is 5.86. The summed E-state index contributed by atoms with van der Waals surface area (Å²) >= 11 is 0. The Labute approximate surface area is 46.3 Å². The molecule has 0 aliphatic heterocycles. The smallest absolute Gasteiger partial charge is 0.315 e. The van der Waals surface area contributed by atoms with Gasteiger partial charge in [0.25, 0.3) is 0 Å². The van der Waals surface area contributed by atoms with Gasteiger partial charge < -0.3 is 10.8 Å². The van der Waals surface area contributed by atoms with Crippen molar-refractivity contribution in [2.75, 3.05) is 6.54 Å². The van der Waals surface area contributed by atoms with Crippen LogP contribution in [0.4, 0.5) is 0 Å². The van der Waals surface area contributed by atoms with Crippen LogP contribution in [0, 0.1) is 5.92 Å². The van der Waals surface area contributed by atoms with Gasteiger partial charge in [-0.15, -0.1) is 0 Å². The average Bonchev–Trinajstić information content (AvgIpc) is 1.69. The van der Waals surface area contributed by atoms with Crippen molar-refractivity contribution >= 4 is 12.3 Å². The summed E-state index contributed by atoms with van der Waals surface area (Å²) < 4.78 is 0. The molecule has 1 unspecified atom stereocenters. The van der Waals surface area contributed by atoms with Crippen molar-refractivity contribution < 1.29 is 14.7 Å². The van der Waals surface area contributed by atoms with Gasteiger partial charge in [-0.1, -0.05) is 0 Å². The van der Waals surface area contributed by atoms with Gasteiger partial charge in [-0.2, -0.15) is 0 Å². The summed E-state index contributed by atoms with van der Waals surface area (Å²) in [6, 6.07) is 0. The van der Waals surface area contributed by atoms with Crippen LogP contribution in [0.2, 0.25) is 0 Å². The maximum Gasteiger partial charge on any atom is 0.315 e. The first-order valence-electron chi connectivity index (χ1n) is 2.03. The van der Waals surface area contributed by atoms with Crippen LogP contribution in [0.25, 0.3) is 0 Å². The van der Waals surface area contributed by atoms with Crippen LogP contribution in [-0.2, 0) is 9.59 Å². The number of nitrogens with two attached hydrogens (primary N) is 1. The largest absolute Gasteiger partial charge is 0.481 e. The summed E-state index contributed by atoms with van der Waals surface area (Å²) in [5.74, 6) is -2.38. The van der Waals surface area contributed by atoms with Gasteiger partial charge in [-0.3, -0.25) is 9.59 Å². The Hall–Kier alpha value is -0.900. The molecule has 0 spiro atoms. The molecule has 0 fully saturated rings. The zero-order chi connectivity index (χ0) is 6.57. The minimum atomic E-state index is -1.22. The number of aliphatic carboxylic acids is 1. The topological polar surface area (TPSA) is 80.4 Å². The van der Waals surface area contributed by atoms with Gasteiger partial charge >= 0.3 is 5.97 Å². The molecular formula is C4H6NO3. The van der Waals surface area contributed by atoms with E-state index < -0.39 is 11.9 Å². The second-order valence-electron chi connectivity index (χ2n) is 1.24. The van der Waals surface area contributed by atoms with E-state index in [2.05, 4.69) is 0 Å². The molecular weight excluding hydrogens is 110 g/mol. The fraction of sp³-hybridized carbons (Fsp3) is 0.500. The second kappa shape index (κ2) is 3.15. The third-order valence-electron chi connectivity index (χ3n) is 0.676. The molecule has 4 nitrogen and oxygen atoms in total. The molecule has 0 aliphatic carbocycles. The second-order valence-corrected chi connectivity index (χ2v) is 1.24. The highest BCUT2D eigenvalue weighted by atomic mass is 16.4. The van der Waals surface area contributed by atoms with E-state index >= 15 is 0 Å². The Morgan fingerprint density at radius 2 is 2.38 bits per heavy atom. The third-order valence-corrected chi connectivity index (χ3v) is 0.676. The lowest BCUT2D eigenvalue weighted by Crippen LogP contribution is -2.24. The van der Waals surface area contributed by atoms with E-state index in [1.165, 1.54) is 6.29 Å². The molecule has 0 aliphatic rings. The number of hydrogen-bond donors (Lipinski definition) is 2. The van der Waals surface area contributed by atoms with Crippen LogP contribution >= 0.6 is 0 Å². The summed E-state index contributed by atoms with van der Waals surface area (Å²) in [4.78, 5) is 19.4. The van der Waals surface area contributed by atoms with Crippen molar-refractivity contribution in [2.24, 2.45) is 11.7 Å². The summed E-state index contributed by atoms with van der Waals surface area (Å²) in [6.07, 6.45) is 1.28. The lowest BCUT2D eigenvalue weighted by molar-refractivity contribution is -0.139. The Bertz CT molecular complexity index is 101. The molecule has 0 saturated carbocycles. The quantitative estimate of drug-likeness (QED) is 0.452. The fourth-order valence-electron chi connectivity index (χ4n) is 0.199. The fourth-order valence-corrected chi connectivity index (χ4v) is 0.199. The third kappa shape index (κ3) is 1.70. The van der Waals surface area contributed by atoms with Gasteiger partial charge in [0.1, 0.15) is 5.92 Å². The molecule has 0 aromatic heterocycles. The predicted octanol–water partition coefficient (Wildman–Crippen LogP) is -1.24. The number of hydrogen-bond acceptors (Lipinski definition) is 3. The lowest BCUT2D eigenvalue weighted by Gasteiger charge is -1.94. The van der Waals surface area contributed by atoms with Crippen LogP contribution in [-0.4, -0.2) is 23.9 Å². The van der Waals surface area contributed by atoms with Crippen molar-refractivity contribution in [1.29, 1.82) is 0 Å². The Morgan fingerprint density at radius 1 is 1.88 bits per heavy atom. The van der Waals surface area contributed by atoms with Crippen LogP contribution < -0.4 is 5.73 Å². The number of rotatable bonds is 3. The molecule has 0 heterocycles. The summed E-state index contributed by atoms with van der Waals surface area (Å²) in [5.41, 5.74) is 4.84. The van der Waals surface area contributed by atoms with Gasteiger partial charge in [0.15, 0.2) is 0 Å². The molecule has 3 N–H and O–H groups in total. The van der Waals surface area contributed by atoms with E-state index in [4.69, 9.17) is 10.8 Å². The first-order valence-corrected chi connectivity index (χ1v) is 2.03. The van der Waals surface area contributed by atoms with E-state index in [1.54, 1.807) is 0 Å². The molecule has 45 valence electrons. The van der Waals surface area contributed by atoms with E-state index in [9.17, 15) is 9.59 Å². The number of carboxylic acids is 1. The monoisotopic (exact) mass is 116 g/mol. The molecule has 0 aromatic carbocycles. The highest BCUT2D eigenvalue weighted by Crippen LogP contribution is 1.84. The van der Waals surface area contributed by atoms with Crippen LogP contribution in [0.1, 0.15) is 0 Å². The zero-order valence-electron chi connectivity index (χ0n) is 4.13. The number of carboxylic acid groups (broad SMARTS) is 1. The van der Waals surface area contributed by atoms with Crippen molar-refractivity contribution in [2.45, 2.75) is 0 Å². The molecule has 0 amide bonds. The first-order chi connectivity index (χ1) is 3.72. The van der Waals surface area contributed by atoms with Crippen molar-refractivity contribution in [1.82, 2.24) is 0 Å². The normalized spacial score (nSPS) is 12.6. The highest BCUT2D eigenvalue weighted by Gasteiger charge is 2.13. The van der Waals surface area contributed by atoms with Crippen LogP contribution in [0.3, 0.4) is 0 Å². The minimum absolute atomic E-state index is 0.182. The van der Waals surface area contributed by atoms with Crippen LogP contribution in [0.15, 0.2) is 0 Å². The Balaban J connectivity index is 3.69. The van der Waals surface area contributed by atoms with E-state index in [1.807, 2.05) is 0 Å². The van der Waals surface area contributed by atoms with Crippen LogP contribution in [0.5, 0.6) is 0 Å². The summed E-state index contributed by atoms with van der Waals surface area (Å²) in [5, 5.41) is 8.03. The SMILES string of the molecule is NCC([C]=O)C(=O)O. The van der Waals surface area contributed by atoms with Crippen molar-refractivity contribution in [3.05, 3.63) is 0 Å². The molecule has 0 bridgehead atoms. The van der Waals surface area contributed by atoms with Gasteiger partial charge in [-0.05, 0) is 0 Å². The van der Waals surface area contributed by atoms with Crippen molar-refractivity contribution in [3.63, 3.8) is 0 Å². The molecule has 0 aromatic rings. The summed E-state index contributed by atoms with van der Waals surface area (Å²) in [6.45, 7) is -0.182. The Kier molecular flexibility index (Phi) is 2.79. The van der Waals surface area contributed by atoms with E-state index in [0.29, 0.717) is 0 Å². The molecule has 4 heteroatoms. The minimum Gasteiger partial charge on any atom is -0.481 e. The first kappa shape index (κ1) is 7.10. The standard InChI is InChI=1S/C4H6NO3/c5-1-3(2-6)4(7)8/h3H,1,5H2,(H,7,8). The maximum atomic E-state index is 9.82. The molecule has 0 saturated heterocycles. The number of carbonyl (C=O) groups excluding carboxylic acids is 1. The molecule has 1 atom stereocenters. The predicted molar refractivity (Wildman–Crippen MR) is 25.9 cm³/mol. The van der Waals surface area contributed by atoms with Gasteiger partial charge in [-0.25, -0.2) is 0 Å². The maximum absolute atomic E-state index is 9.82. The van der Waals surface area contributed by atoms with E-state index in [0.717, 1.165) is 0 Å². The van der Waals surface area contributed by atoms with E-state index in [-0.39, 0.29) is 6.54 Å². The zero-order valence-corrected chi connectivity index (χ0v) is 4.13. The lowest BCUT2D eigenvalue weighted by atomic mass is 10.2. The van der Waals surface area contributed by atoms with Gasteiger partial charge in [0, 0.05) is 6.54 Å². The molecule has 8 heavy (non-hydrogen) atoms.